The van der Waals surface area contributed by atoms with Gasteiger partial charge in [0.15, 0.2) is 5.78 Å². The molecule has 1 saturated heterocycles. The predicted molar refractivity (Wildman–Crippen MR) is 147 cm³/mol. The molecule has 2 aromatic rings. The van der Waals surface area contributed by atoms with Crippen LogP contribution < -0.4 is 10.2 Å². The maximum atomic E-state index is 15.5. The number of carbonyl (C=O) groups is 3. The quantitative estimate of drug-likeness (QED) is 0.582. The smallest absolute Gasteiger partial charge is 0.409 e. The fourth-order valence-corrected chi connectivity index (χ4v) is 5.87. The van der Waals surface area contributed by atoms with E-state index in [1.165, 1.54) is 12.1 Å². The van der Waals surface area contributed by atoms with E-state index in [-0.39, 0.29) is 42.2 Å². The van der Waals surface area contributed by atoms with Crippen molar-refractivity contribution in [3.05, 3.63) is 70.9 Å². The molecule has 2 heterocycles. The maximum absolute atomic E-state index is 15.5. The monoisotopic (exact) mass is 552 g/mol. The Balaban J connectivity index is 1.55. The van der Waals surface area contributed by atoms with Crippen LogP contribution in [0.25, 0.3) is 0 Å². The number of halogens is 2. The minimum Gasteiger partial charge on any atom is -0.450 e. The molecule has 1 aliphatic carbocycles. The van der Waals surface area contributed by atoms with Crippen LogP contribution in [0.3, 0.4) is 0 Å². The number of benzene rings is 2. The number of para-hydroxylation sites is 2. The van der Waals surface area contributed by atoms with Gasteiger partial charge in [-0.25, -0.2) is 13.6 Å². The maximum Gasteiger partial charge on any atom is 0.409 e. The minimum absolute atomic E-state index is 0.125. The van der Waals surface area contributed by atoms with Gasteiger partial charge in [0.1, 0.15) is 11.6 Å². The van der Waals surface area contributed by atoms with Crippen LogP contribution in [-0.2, 0) is 14.3 Å². The van der Waals surface area contributed by atoms with Crippen molar-refractivity contribution >= 4 is 29.2 Å². The zero-order chi connectivity index (χ0) is 28.6. The first-order valence-corrected chi connectivity index (χ1v) is 13.6. The van der Waals surface area contributed by atoms with Gasteiger partial charge in [-0.15, -0.1) is 0 Å². The SMILES string of the molecule is CCOC(=O)N1CCN(C(=O)CN2c3ccccc3NC3=C(C(=O)CC(C)(C)C3)C2c2ccc(F)cc2F)CC1. The Kier molecular flexibility index (Phi) is 7.53. The topological polar surface area (TPSA) is 82.2 Å². The van der Waals surface area contributed by atoms with E-state index in [0.717, 1.165) is 6.07 Å². The Hall–Kier alpha value is -3.95. The molecule has 212 valence electrons. The summed E-state index contributed by atoms with van der Waals surface area (Å²) in [6.45, 7) is 7.20. The van der Waals surface area contributed by atoms with Crippen LogP contribution in [-0.4, -0.2) is 66.9 Å². The molecule has 2 aliphatic heterocycles. The molecule has 0 aromatic heterocycles. The van der Waals surface area contributed by atoms with Gasteiger partial charge in [-0.1, -0.05) is 32.0 Å². The Morgan fingerprint density at radius 3 is 2.42 bits per heavy atom. The van der Waals surface area contributed by atoms with Crippen LogP contribution in [0.15, 0.2) is 53.7 Å². The van der Waals surface area contributed by atoms with Crippen molar-refractivity contribution < 1.29 is 27.9 Å². The number of allylic oxidation sites excluding steroid dienone is 1. The van der Waals surface area contributed by atoms with Crippen molar-refractivity contribution in [3.8, 4) is 0 Å². The minimum atomic E-state index is -0.944. The van der Waals surface area contributed by atoms with Gasteiger partial charge in [-0.2, -0.15) is 0 Å². The van der Waals surface area contributed by atoms with Gasteiger partial charge in [0.2, 0.25) is 5.91 Å². The first-order chi connectivity index (χ1) is 19.1. The van der Waals surface area contributed by atoms with Gasteiger partial charge in [0.05, 0.1) is 30.6 Å². The molecule has 8 nitrogen and oxygen atoms in total. The third kappa shape index (κ3) is 5.39. The Morgan fingerprint density at radius 2 is 1.73 bits per heavy atom. The second kappa shape index (κ2) is 10.9. The van der Waals surface area contributed by atoms with Crippen LogP contribution in [0.5, 0.6) is 0 Å². The number of ether oxygens (including phenoxy) is 1. The molecule has 0 radical (unpaired) electrons. The van der Waals surface area contributed by atoms with Gasteiger partial charge in [-0.3, -0.25) is 9.59 Å². The highest BCUT2D eigenvalue weighted by Crippen LogP contribution is 2.48. The first kappa shape index (κ1) is 27.6. The number of hydrogen-bond acceptors (Lipinski definition) is 6. The third-order valence-corrected chi connectivity index (χ3v) is 7.73. The number of hydrogen-bond donors (Lipinski definition) is 1. The third-order valence-electron chi connectivity index (χ3n) is 7.73. The number of nitrogens with one attached hydrogen (secondary N) is 1. The largest absolute Gasteiger partial charge is 0.450 e. The molecule has 3 aliphatic rings. The highest BCUT2D eigenvalue weighted by Gasteiger charge is 2.43. The van der Waals surface area contributed by atoms with E-state index in [1.807, 2.05) is 38.1 Å². The molecular weight excluding hydrogens is 518 g/mol. The summed E-state index contributed by atoms with van der Waals surface area (Å²) in [6, 6.07) is 9.78. The number of ketones is 1. The molecule has 10 heteroatoms. The van der Waals surface area contributed by atoms with Gasteiger partial charge >= 0.3 is 6.09 Å². The average molecular weight is 553 g/mol. The molecule has 40 heavy (non-hydrogen) atoms. The van der Waals surface area contributed by atoms with Gasteiger partial charge in [0, 0.05) is 55.5 Å². The summed E-state index contributed by atoms with van der Waals surface area (Å²) in [5.74, 6) is -1.87. The second-order valence-corrected chi connectivity index (χ2v) is 11.2. The van der Waals surface area contributed by atoms with E-state index in [2.05, 4.69) is 5.32 Å². The van der Waals surface area contributed by atoms with E-state index in [0.29, 0.717) is 55.2 Å². The highest BCUT2D eigenvalue weighted by molar-refractivity contribution is 6.02. The summed E-state index contributed by atoms with van der Waals surface area (Å²) in [5, 5.41) is 3.43. The van der Waals surface area contributed by atoms with Crippen molar-refractivity contribution in [3.63, 3.8) is 0 Å². The van der Waals surface area contributed by atoms with Crippen LogP contribution in [0.1, 0.15) is 45.2 Å². The lowest BCUT2D eigenvalue weighted by Crippen LogP contribution is -2.53. The average Bonchev–Trinajstić information content (AvgIpc) is 3.03. The molecule has 2 amide bonds. The van der Waals surface area contributed by atoms with Crippen molar-refractivity contribution in [1.82, 2.24) is 9.80 Å². The van der Waals surface area contributed by atoms with E-state index in [9.17, 15) is 18.8 Å². The van der Waals surface area contributed by atoms with Crippen LogP contribution in [0.2, 0.25) is 0 Å². The van der Waals surface area contributed by atoms with Crippen LogP contribution >= 0.6 is 0 Å². The highest BCUT2D eigenvalue weighted by atomic mass is 19.1. The number of anilines is 2. The Morgan fingerprint density at radius 1 is 1.02 bits per heavy atom. The fourth-order valence-electron chi connectivity index (χ4n) is 5.87. The van der Waals surface area contributed by atoms with Crippen molar-refractivity contribution in [2.75, 3.05) is 49.5 Å². The molecule has 1 N–H and O–H groups in total. The molecule has 0 saturated carbocycles. The van der Waals surface area contributed by atoms with E-state index < -0.39 is 23.8 Å². The summed E-state index contributed by atoms with van der Waals surface area (Å²) in [4.78, 5) is 44.5. The number of rotatable bonds is 4. The molecule has 1 unspecified atom stereocenters. The Labute approximate surface area is 232 Å². The molecule has 0 spiro atoms. The summed E-state index contributed by atoms with van der Waals surface area (Å²) in [7, 11) is 0. The van der Waals surface area contributed by atoms with Crippen LogP contribution in [0.4, 0.5) is 25.0 Å². The van der Waals surface area contributed by atoms with Gasteiger partial charge in [-0.05, 0) is 37.0 Å². The number of amides is 2. The zero-order valence-electron chi connectivity index (χ0n) is 23.0. The Bertz CT molecular complexity index is 1370. The van der Waals surface area contributed by atoms with Crippen LogP contribution in [0, 0.1) is 17.0 Å². The lowest BCUT2D eigenvalue weighted by molar-refractivity contribution is -0.131. The molecule has 5 rings (SSSR count). The van der Waals surface area contributed by atoms with Crippen molar-refractivity contribution in [2.45, 2.75) is 39.7 Å². The van der Waals surface area contributed by atoms with E-state index >= 15 is 4.39 Å². The fraction of sp³-hybridized carbons (Fsp3) is 0.433. The standard InChI is InChI=1S/C30H34F2N4O4/c1-4-40-29(39)35-13-11-34(12-14-35)26(38)18-36-24-8-6-5-7-22(24)33-23-16-30(2,3)17-25(37)27(23)28(36)20-10-9-19(31)15-21(20)32/h5-10,15,28,33H,4,11-14,16-18H2,1-3H3. The molecule has 1 atom stereocenters. The number of fused-ring (bicyclic) bond motifs is 1. The normalized spacial score (nSPS) is 20.4. The van der Waals surface area contributed by atoms with Crippen molar-refractivity contribution in [2.24, 2.45) is 5.41 Å². The number of Topliss-reactive ketones (excluding diaryl/α,β-unsaturated/α-hetero) is 1. The predicted octanol–water partition coefficient (Wildman–Crippen LogP) is 4.88. The molecular formula is C30H34F2N4O4. The summed E-state index contributed by atoms with van der Waals surface area (Å²) < 4.78 is 34.5. The molecule has 0 bridgehead atoms. The first-order valence-electron chi connectivity index (χ1n) is 13.6. The number of nitrogens with zero attached hydrogens (tertiary/aromatic N) is 3. The van der Waals surface area contributed by atoms with Crippen molar-refractivity contribution in [1.29, 1.82) is 0 Å². The van der Waals surface area contributed by atoms with Gasteiger partial charge < -0.3 is 24.8 Å². The van der Waals surface area contributed by atoms with Gasteiger partial charge in [0.25, 0.3) is 0 Å². The lowest BCUT2D eigenvalue weighted by atomic mass is 9.73. The molecule has 1 fully saturated rings. The summed E-state index contributed by atoms with van der Waals surface area (Å²) in [6.07, 6.45) is 0.410. The van der Waals surface area contributed by atoms with E-state index in [4.69, 9.17) is 4.74 Å². The zero-order valence-corrected chi connectivity index (χ0v) is 23.0. The lowest BCUT2D eigenvalue weighted by Gasteiger charge is -2.39. The number of piperazine rings is 1. The molecule has 2 aromatic carbocycles. The second-order valence-electron chi connectivity index (χ2n) is 11.2. The number of carbonyl (C=O) groups excluding carboxylic acids is 3. The summed E-state index contributed by atoms with van der Waals surface area (Å²) in [5.41, 5.74) is 2.22. The van der Waals surface area contributed by atoms with E-state index in [1.54, 1.807) is 21.6 Å². The summed E-state index contributed by atoms with van der Waals surface area (Å²) >= 11 is 0.